The number of aryl methyl sites for hydroxylation is 2. The van der Waals surface area contributed by atoms with Gasteiger partial charge in [-0.3, -0.25) is 0 Å². The predicted octanol–water partition coefficient (Wildman–Crippen LogP) is 3.75. The maximum atomic E-state index is 11.5. The zero-order valence-corrected chi connectivity index (χ0v) is 15.9. The number of rotatable bonds is 4. The molecule has 4 nitrogen and oxygen atoms in total. The summed E-state index contributed by atoms with van der Waals surface area (Å²) in [4.78, 5) is 0.314. The Labute approximate surface area is 149 Å². The van der Waals surface area contributed by atoms with Crippen molar-refractivity contribution in [2.24, 2.45) is 0 Å². The highest BCUT2D eigenvalue weighted by atomic mass is 32.2. The van der Waals surface area contributed by atoms with Gasteiger partial charge >= 0.3 is 0 Å². The molecule has 0 aromatic heterocycles. The van der Waals surface area contributed by atoms with Crippen LogP contribution in [0.4, 0.5) is 5.69 Å². The van der Waals surface area contributed by atoms with E-state index in [1.165, 1.54) is 17.4 Å². The van der Waals surface area contributed by atoms with E-state index in [-0.39, 0.29) is 6.04 Å². The smallest absolute Gasteiger partial charge is 0.175 e. The Bertz CT molecular complexity index is 824. The second kappa shape index (κ2) is 7.32. The number of thiocarbonyl (C=S) groups is 1. The summed E-state index contributed by atoms with van der Waals surface area (Å²) < 4.78 is 23.0. The zero-order valence-electron chi connectivity index (χ0n) is 14.3. The van der Waals surface area contributed by atoms with E-state index in [9.17, 15) is 8.42 Å². The molecule has 24 heavy (non-hydrogen) atoms. The van der Waals surface area contributed by atoms with Crippen LogP contribution in [0.1, 0.15) is 29.7 Å². The van der Waals surface area contributed by atoms with E-state index >= 15 is 0 Å². The summed E-state index contributed by atoms with van der Waals surface area (Å²) in [5.41, 5.74) is 4.26. The standard InChI is InChI=1S/C18H22N2O2S2/c1-12-9-13(2)11-16(10-12)20-18(23)19-14(3)15-5-7-17(8-6-15)24(4,21)22/h5-11,14H,1-4H3,(H2,19,20,23)/t14-/m0/s1. The Balaban J connectivity index is 2.03. The molecule has 1 atom stereocenters. The lowest BCUT2D eigenvalue weighted by Crippen LogP contribution is -2.30. The van der Waals surface area contributed by atoms with Crippen molar-refractivity contribution >= 4 is 32.9 Å². The van der Waals surface area contributed by atoms with Gasteiger partial charge in [-0.15, -0.1) is 0 Å². The molecule has 0 radical (unpaired) electrons. The third kappa shape index (κ3) is 5.04. The SMILES string of the molecule is Cc1cc(C)cc(NC(=S)N[C@@H](C)c2ccc(S(C)(=O)=O)cc2)c1. The second-order valence-electron chi connectivity index (χ2n) is 6.04. The lowest BCUT2D eigenvalue weighted by molar-refractivity contribution is 0.601. The molecular weight excluding hydrogens is 340 g/mol. The van der Waals surface area contributed by atoms with Gasteiger partial charge in [-0.2, -0.15) is 0 Å². The van der Waals surface area contributed by atoms with E-state index in [1.54, 1.807) is 24.3 Å². The van der Waals surface area contributed by atoms with Crippen LogP contribution >= 0.6 is 12.2 Å². The van der Waals surface area contributed by atoms with Crippen molar-refractivity contribution in [3.8, 4) is 0 Å². The minimum atomic E-state index is -3.18. The summed E-state index contributed by atoms with van der Waals surface area (Å²) in [5, 5.41) is 6.92. The number of hydrogen-bond acceptors (Lipinski definition) is 3. The number of nitrogens with one attached hydrogen (secondary N) is 2. The largest absolute Gasteiger partial charge is 0.356 e. The minimum Gasteiger partial charge on any atom is -0.356 e. The van der Waals surface area contributed by atoms with Crippen molar-refractivity contribution in [3.05, 3.63) is 59.2 Å². The van der Waals surface area contributed by atoms with Gasteiger partial charge in [0, 0.05) is 11.9 Å². The summed E-state index contributed by atoms with van der Waals surface area (Å²) in [7, 11) is -3.18. The summed E-state index contributed by atoms with van der Waals surface area (Å²) >= 11 is 5.37. The molecule has 2 aromatic carbocycles. The van der Waals surface area contributed by atoms with Crippen molar-refractivity contribution in [3.63, 3.8) is 0 Å². The fourth-order valence-electron chi connectivity index (χ4n) is 2.50. The number of sulfone groups is 1. The van der Waals surface area contributed by atoms with Crippen LogP contribution in [-0.4, -0.2) is 19.8 Å². The Hall–Kier alpha value is -1.92. The van der Waals surface area contributed by atoms with Crippen LogP contribution in [0.3, 0.4) is 0 Å². The molecule has 6 heteroatoms. The van der Waals surface area contributed by atoms with E-state index in [4.69, 9.17) is 12.2 Å². The molecule has 0 unspecified atom stereocenters. The summed E-state index contributed by atoms with van der Waals surface area (Å²) in [6.07, 6.45) is 1.20. The summed E-state index contributed by atoms with van der Waals surface area (Å²) in [5.74, 6) is 0. The number of benzene rings is 2. The Morgan fingerprint density at radius 3 is 2.08 bits per heavy atom. The van der Waals surface area contributed by atoms with Gasteiger partial charge in [-0.05, 0) is 73.9 Å². The first-order valence-corrected chi connectivity index (χ1v) is 9.91. The highest BCUT2D eigenvalue weighted by molar-refractivity contribution is 7.90. The first kappa shape index (κ1) is 18.4. The number of anilines is 1. The van der Waals surface area contributed by atoms with Crippen molar-refractivity contribution in [1.82, 2.24) is 5.32 Å². The maximum absolute atomic E-state index is 11.5. The molecule has 0 amide bonds. The van der Waals surface area contributed by atoms with Crippen LogP contribution in [-0.2, 0) is 9.84 Å². The van der Waals surface area contributed by atoms with Crippen molar-refractivity contribution in [2.75, 3.05) is 11.6 Å². The molecule has 0 saturated heterocycles. The summed E-state index contributed by atoms with van der Waals surface area (Å²) in [6.45, 7) is 6.06. The normalized spacial score (nSPS) is 12.5. The Kier molecular flexibility index (Phi) is 5.62. The first-order chi connectivity index (χ1) is 11.1. The molecule has 128 valence electrons. The van der Waals surface area contributed by atoms with Crippen LogP contribution in [0.2, 0.25) is 0 Å². The van der Waals surface area contributed by atoms with Crippen molar-refractivity contribution < 1.29 is 8.42 Å². The first-order valence-electron chi connectivity index (χ1n) is 7.61. The molecule has 0 aliphatic carbocycles. The minimum absolute atomic E-state index is 0.0375. The molecule has 2 aromatic rings. The van der Waals surface area contributed by atoms with Crippen molar-refractivity contribution in [1.29, 1.82) is 0 Å². The molecular formula is C18H22N2O2S2. The van der Waals surface area contributed by atoms with Gasteiger partial charge in [0.25, 0.3) is 0 Å². The van der Waals surface area contributed by atoms with Gasteiger partial charge in [0.1, 0.15) is 0 Å². The maximum Gasteiger partial charge on any atom is 0.175 e. The molecule has 0 fully saturated rings. The average Bonchev–Trinajstić information content (AvgIpc) is 2.45. The highest BCUT2D eigenvalue weighted by Crippen LogP contribution is 2.17. The summed E-state index contributed by atoms with van der Waals surface area (Å²) in [6, 6.07) is 13.0. The van der Waals surface area contributed by atoms with E-state index in [0.29, 0.717) is 10.0 Å². The molecule has 2 rings (SSSR count). The van der Waals surface area contributed by atoms with E-state index in [0.717, 1.165) is 11.3 Å². The van der Waals surface area contributed by atoms with Crippen LogP contribution in [0.25, 0.3) is 0 Å². The van der Waals surface area contributed by atoms with Gasteiger partial charge in [0.2, 0.25) is 0 Å². The second-order valence-corrected chi connectivity index (χ2v) is 8.46. The van der Waals surface area contributed by atoms with E-state index < -0.39 is 9.84 Å². The molecule has 0 bridgehead atoms. The third-order valence-corrected chi connectivity index (χ3v) is 4.98. The number of hydrogen-bond donors (Lipinski definition) is 2. The monoisotopic (exact) mass is 362 g/mol. The molecule has 0 aliphatic rings. The zero-order chi connectivity index (χ0) is 17.9. The van der Waals surface area contributed by atoms with Gasteiger partial charge in [-0.1, -0.05) is 18.2 Å². The van der Waals surface area contributed by atoms with Crippen LogP contribution in [0, 0.1) is 13.8 Å². The van der Waals surface area contributed by atoms with Crippen LogP contribution in [0.5, 0.6) is 0 Å². The van der Waals surface area contributed by atoms with Crippen molar-refractivity contribution in [2.45, 2.75) is 31.7 Å². The van der Waals surface area contributed by atoms with Crippen LogP contribution < -0.4 is 10.6 Å². The molecule has 2 N–H and O–H groups in total. The molecule has 0 saturated carbocycles. The fraction of sp³-hybridized carbons (Fsp3) is 0.278. The Morgan fingerprint density at radius 1 is 1.04 bits per heavy atom. The van der Waals surface area contributed by atoms with E-state index in [1.807, 2.05) is 32.9 Å². The van der Waals surface area contributed by atoms with E-state index in [2.05, 4.69) is 16.7 Å². The lowest BCUT2D eigenvalue weighted by Gasteiger charge is -2.18. The van der Waals surface area contributed by atoms with Crippen LogP contribution in [0.15, 0.2) is 47.4 Å². The fourth-order valence-corrected chi connectivity index (χ4v) is 3.42. The van der Waals surface area contributed by atoms with Gasteiger partial charge in [0.15, 0.2) is 14.9 Å². The van der Waals surface area contributed by atoms with Gasteiger partial charge < -0.3 is 10.6 Å². The highest BCUT2D eigenvalue weighted by Gasteiger charge is 2.10. The topological polar surface area (TPSA) is 58.2 Å². The Morgan fingerprint density at radius 2 is 1.58 bits per heavy atom. The predicted molar refractivity (Wildman–Crippen MR) is 103 cm³/mol. The van der Waals surface area contributed by atoms with Gasteiger partial charge in [0.05, 0.1) is 10.9 Å². The molecule has 0 spiro atoms. The average molecular weight is 363 g/mol. The van der Waals surface area contributed by atoms with Gasteiger partial charge in [-0.25, -0.2) is 8.42 Å². The molecule has 0 aliphatic heterocycles. The third-order valence-electron chi connectivity index (χ3n) is 3.64. The quantitative estimate of drug-likeness (QED) is 0.811. The lowest BCUT2D eigenvalue weighted by atomic mass is 10.1. The molecule has 0 heterocycles.